The number of hydrazine groups is 1. The molecule has 2 fully saturated rings. The minimum absolute atomic E-state index is 0.109. The van der Waals surface area contributed by atoms with Crippen LogP contribution in [-0.2, 0) is 20.7 Å². The molecule has 2 unspecified atom stereocenters. The zero-order valence-electron chi connectivity index (χ0n) is 19.8. The fraction of sp³-hybridized carbons (Fsp3) is 0.500. The highest BCUT2D eigenvalue weighted by atomic mass is 16.5. The number of hydrogen-bond acceptors (Lipinski definition) is 8. The fourth-order valence-electron chi connectivity index (χ4n) is 4.82. The molecule has 2 saturated heterocycles. The molecule has 3 aliphatic rings. The predicted molar refractivity (Wildman–Crippen MR) is 129 cm³/mol. The van der Waals surface area contributed by atoms with Gasteiger partial charge in [-0.05, 0) is 36.5 Å². The lowest BCUT2D eigenvalue weighted by molar-refractivity contribution is -0.135. The van der Waals surface area contributed by atoms with Crippen molar-refractivity contribution in [1.82, 2.24) is 14.8 Å². The third-order valence-corrected chi connectivity index (χ3v) is 7.14. The number of amides is 1. The molecule has 1 amide bonds. The number of pyridine rings is 1. The summed E-state index contributed by atoms with van der Waals surface area (Å²) in [5.74, 6) is 11.9. The number of hydrogen-bond donors (Lipinski definition) is 2. The maximum absolute atomic E-state index is 12.9. The van der Waals surface area contributed by atoms with E-state index in [1.54, 1.807) is 6.20 Å². The number of hydrazone groups is 1. The average Bonchev–Trinajstić information content (AvgIpc) is 3.21. The average molecular weight is 468 g/mol. The highest BCUT2D eigenvalue weighted by Crippen LogP contribution is 2.37. The van der Waals surface area contributed by atoms with E-state index in [2.05, 4.69) is 28.0 Å². The van der Waals surface area contributed by atoms with E-state index in [0.29, 0.717) is 24.8 Å². The van der Waals surface area contributed by atoms with Crippen LogP contribution in [0.3, 0.4) is 0 Å². The quantitative estimate of drug-likeness (QED) is 0.197. The minimum atomic E-state index is -0.169. The van der Waals surface area contributed by atoms with Gasteiger partial charge in [-0.1, -0.05) is 24.6 Å². The van der Waals surface area contributed by atoms with E-state index in [0.717, 1.165) is 55.8 Å². The smallest absolute Gasteiger partial charge is 0.334 e. The molecule has 10 heteroatoms. The van der Waals surface area contributed by atoms with Crippen LogP contribution in [0.25, 0.3) is 0 Å². The van der Waals surface area contributed by atoms with Gasteiger partial charge in [0.1, 0.15) is 12.2 Å². The van der Waals surface area contributed by atoms with Crippen LogP contribution in [-0.4, -0.2) is 72.3 Å². The van der Waals surface area contributed by atoms with Crippen molar-refractivity contribution in [2.45, 2.75) is 26.7 Å². The van der Waals surface area contributed by atoms with Gasteiger partial charge in [0, 0.05) is 50.4 Å². The van der Waals surface area contributed by atoms with Gasteiger partial charge in [-0.15, -0.1) is 0 Å². The number of piperazine rings is 1. The summed E-state index contributed by atoms with van der Waals surface area (Å²) >= 11 is 0. The van der Waals surface area contributed by atoms with Crippen LogP contribution in [0.4, 0.5) is 5.82 Å². The predicted octanol–water partition coefficient (Wildman–Crippen LogP) is 0.724. The number of nitrogens with zero attached hydrogens (tertiary/aromatic N) is 5. The van der Waals surface area contributed by atoms with Gasteiger partial charge in [0.15, 0.2) is 0 Å². The molecule has 10 nitrogen and oxygen atoms in total. The molecule has 0 bridgehead atoms. The normalized spacial score (nSPS) is 22.9. The van der Waals surface area contributed by atoms with Crippen LogP contribution in [0.1, 0.15) is 24.5 Å². The zero-order valence-corrected chi connectivity index (χ0v) is 19.8. The van der Waals surface area contributed by atoms with Crippen LogP contribution in [0.15, 0.2) is 40.7 Å². The monoisotopic (exact) mass is 467 g/mol. The summed E-state index contributed by atoms with van der Waals surface area (Å²) in [6.07, 6.45) is 8.27. The van der Waals surface area contributed by atoms with Gasteiger partial charge in [-0.2, -0.15) is 5.10 Å². The van der Waals surface area contributed by atoms with Gasteiger partial charge in [0.2, 0.25) is 5.91 Å². The molecule has 0 aromatic carbocycles. The topological polar surface area (TPSA) is 130 Å². The van der Waals surface area contributed by atoms with Gasteiger partial charge < -0.3 is 15.5 Å². The molecule has 2 aliphatic heterocycles. The number of esters is 1. The summed E-state index contributed by atoms with van der Waals surface area (Å²) in [4.78, 5) is 33.3. The maximum atomic E-state index is 12.9. The highest BCUT2D eigenvalue weighted by Gasteiger charge is 2.37. The largest absolute Gasteiger partial charge is 0.462 e. The number of allylic oxidation sites excluding steroid dienone is 2. The van der Waals surface area contributed by atoms with E-state index in [9.17, 15) is 9.59 Å². The van der Waals surface area contributed by atoms with Crippen LogP contribution in [0.5, 0.6) is 0 Å². The number of nitrogens with two attached hydrogens (primary N) is 2. The van der Waals surface area contributed by atoms with Crippen molar-refractivity contribution in [2.24, 2.45) is 28.6 Å². The van der Waals surface area contributed by atoms with Gasteiger partial charge in [0.05, 0.1) is 13.0 Å². The zero-order chi connectivity index (χ0) is 24.2. The molecule has 182 valence electrons. The number of anilines is 1. The summed E-state index contributed by atoms with van der Waals surface area (Å²) in [5, 5.41) is 4.62. The fourth-order valence-corrected chi connectivity index (χ4v) is 4.82. The Morgan fingerprint density at radius 1 is 1.32 bits per heavy atom. The molecule has 3 heterocycles. The Labute approximate surface area is 199 Å². The standard InChI is InChI=1S/C24H33N7O3/c1-16-11-22(31(26)15-28-25)27-13-19(16)12-23(32)30-9-7-29(8-10-30)6-5-18-3-4-20-21(17(18)2)14-34-24(20)33/h3-4,11,13,15,17,21H,5-10,12,14,25-26H2,1-2H3/b28-15-. The summed E-state index contributed by atoms with van der Waals surface area (Å²) in [6.45, 7) is 8.72. The molecule has 1 aliphatic carbocycles. The van der Waals surface area contributed by atoms with E-state index < -0.39 is 0 Å². The Morgan fingerprint density at radius 3 is 2.79 bits per heavy atom. The van der Waals surface area contributed by atoms with Crippen LogP contribution in [0, 0.1) is 18.8 Å². The third kappa shape index (κ3) is 5.13. The second-order valence-corrected chi connectivity index (χ2v) is 9.15. The lowest BCUT2D eigenvalue weighted by Gasteiger charge is -2.35. The number of cyclic esters (lactones) is 1. The van der Waals surface area contributed by atoms with Crippen molar-refractivity contribution in [2.75, 3.05) is 44.3 Å². The first kappa shape index (κ1) is 23.9. The molecule has 0 saturated carbocycles. The number of carbonyl (C=O) groups excluding carboxylic acids is 2. The van der Waals surface area contributed by atoms with Crippen molar-refractivity contribution in [3.05, 3.63) is 46.7 Å². The van der Waals surface area contributed by atoms with Gasteiger partial charge >= 0.3 is 5.97 Å². The minimum Gasteiger partial charge on any atom is -0.462 e. The van der Waals surface area contributed by atoms with E-state index in [-0.39, 0.29) is 17.8 Å². The van der Waals surface area contributed by atoms with Gasteiger partial charge in [0.25, 0.3) is 0 Å². The summed E-state index contributed by atoms with van der Waals surface area (Å²) in [5.41, 5.74) is 4.01. The van der Waals surface area contributed by atoms with E-state index >= 15 is 0 Å². The van der Waals surface area contributed by atoms with Crippen LogP contribution >= 0.6 is 0 Å². The lowest BCUT2D eigenvalue weighted by Crippen LogP contribution is -2.49. The molecule has 1 aromatic heterocycles. The third-order valence-electron chi connectivity index (χ3n) is 7.14. The van der Waals surface area contributed by atoms with E-state index in [4.69, 9.17) is 16.4 Å². The van der Waals surface area contributed by atoms with E-state index in [1.807, 2.05) is 24.0 Å². The summed E-state index contributed by atoms with van der Waals surface area (Å²) < 4.78 is 5.21. The number of carbonyl (C=O) groups is 2. The van der Waals surface area contributed by atoms with Gasteiger partial charge in [-0.25, -0.2) is 20.6 Å². The Balaban J connectivity index is 1.25. The first-order chi connectivity index (χ1) is 16.4. The Kier molecular flexibility index (Phi) is 7.28. The van der Waals surface area contributed by atoms with Crippen molar-refractivity contribution >= 4 is 24.0 Å². The summed E-state index contributed by atoms with van der Waals surface area (Å²) in [6, 6.07) is 1.81. The number of rotatable bonds is 7. The van der Waals surface area contributed by atoms with Crippen LogP contribution < -0.4 is 16.7 Å². The molecule has 1 aromatic rings. The molecule has 34 heavy (non-hydrogen) atoms. The molecule has 0 spiro atoms. The molecule has 4 rings (SSSR count). The molecular weight excluding hydrogens is 434 g/mol. The van der Waals surface area contributed by atoms with E-state index in [1.165, 1.54) is 16.9 Å². The lowest BCUT2D eigenvalue weighted by atomic mass is 9.79. The van der Waals surface area contributed by atoms with Gasteiger partial charge in [-0.3, -0.25) is 9.69 Å². The Hall–Kier alpha value is -3.24. The van der Waals surface area contributed by atoms with Crippen LogP contribution in [0.2, 0.25) is 0 Å². The Morgan fingerprint density at radius 2 is 2.09 bits per heavy atom. The first-order valence-corrected chi connectivity index (χ1v) is 11.7. The number of fused-ring (bicyclic) bond motifs is 1. The van der Waals surface area contributed by atoms with Crippen molar-refractivity contribution in [3.8, 4) is 0 Å². The first-order valence-electron chi connectivity index (χ1n) is 11.7. The second kappa shape index (κ2) is 10.4. The molecule has 0 radical (unpaired) electrons. The van der Waals surface area contributed by atoms with Crippen molar-refractivity contribution in [1.29, 1.82) is 0 Å². The molecular formula is C24H33N7O3. The number of ether oxygens (including phenoxy) is 1. The Bertz CT molecular complexity index is 1030. The molecule has 2 atom stereocenters. The molecule has 4 N–H and O–H groups in total. The second-order valence-electron chi connectivity index (χ2n) is 9.15. The number of aryl methyl sites for hydroxylation is 1. The van der Waals surface area contributed by atoms with Crippen molar-refractivity contribution in [3.63, 3.8) is 0 Å². The number of aromatic nitrogens is 1. The maximum Gasteiger partial charge on any atom is 0.334 e. The SMILES string of the molecule is Cc1cc(N(N)/C=N\N)ncc1CC(=O)N1CCN(CCC2=CC=C3C(=O)OCC3C2C)CC1. The van der Waals surface area contributed by atoms with Crippen molar-refractivity contribution < 1.29 is 14.3 Å². The summed E-state index contributed by atoms with van der Waals surface area (Å²) in [7, 11) is 0. The highest BCUT2D eigenvalue weighted by molar-refractivity contribution is 5.92.